The highest BCUT2D eigenvalue weighted by Gasteiger charge is 2.28. The summed E-state index contributed by atoms with van der Waals surface area (Å²) in [4.78, 5) is 0. The van der Waals surface area contributed by atoms with Gasteiger partial charge in [0, 0.05) is 6.04 Å². The van der Waals surface area contributed by atoms with E-state index in [1.807, 2.05) is 0 Å². The minimum absolute atomic E-state index is 0.229. The van der Waals surface area contributed by atoms with Crippen LogP contribution in [-0.2, 0) is 9.84 Å². The molecule has 1 fully saturated rings. The molecule has 0 saturated heterocycles. The predicted octanol–water partition coefficient (Wildman–Crippen LogP) is 0.937. The molecule has 2 atom stereocenters. The molecule has 1 rings (SSSR count). The Balaban J connectivity index is 2.50. The van der Waals surface area contributed by atoms with Gasteiger partial charge in [-0.1, -0.05) is 0 Å². The second kappa shape index (κ2) is 3.96. The van der Waals surface area contributed by atoms with Crippen molar-refractivity contribution in [1.29, 1.82) is 0 Å². The van der Waals surface area contributed by atoms with E-state index in [0.717, 1.165) is 19.3 Å². The summed E-state index contributed by atoms with van der Waals surface area (Å²) in [6.07, 6.45) is 2.84. The van der Waals surface area contributed by atoms with Crippen LogP contribution in [0.3, 0.4) is 0 Å². The van der Waals surface area contributed by atoms with E-state index in [1.54, 1.807) is 13.8 Å². The van der Waals surface area contributed by atoms with Gasteiger partial charge in [0.05, 0.1) is 11.0 Å². The molecular weight excluding hydrogens is 186 g/mol. The maximum atomic E-state index is 11.6. The Bertz CT molecular complexity index is 259. The number of rotatable bonds is 3. The van der Waals surface area contributed by atoms with Crippen LogP contribution in [0.15, 0.2) is 0 Å². The summed E-state index contributed by atoms with van der Waals surface area (Å²) in [5.41, 5.74) is 5.73. The Morgan fingerprint density at radius 2 is 2.00 bits per heavy atom. The number of sulfone groups is 1. The first-order valence-corrected chi connectivity index (χ1v) is 6.60. The Morgan fingerprint density at radius 3 is 2.38 bits per heavy atom. The van der Waals surface area contributed by atoms with Crippen LogP contribution in [0.2, 0.25) is 0 Å². The summed E-state index contributed by atoms with van der Waals surface area (Å²) in [7, 11) is -2.86. The molecule has 0 heterocycles. The molecule has 0 radical (unpaired) electrons. The SMILES string of the molecule is CC(C)S(=O)(=O)C[C@@H]1CC[C@H](N)C1. The first-order chi connectivity index (χ1) is 5.92. The molecule has 4 heteroatoms. The van der Waals surface area contributed by atoms with Gasteiger partial charge < -0.3 is 5.73 Å². The first-order valence-electron chi connectivity index (χ1n) is 4.89. The fraction of sp³-hybridized carbons (Fsp3) is 1.00. The highest BCUT2D eigenvalue weighted by molar-refractivity contribution is 7.91. The summed E-state index contributed by atoms with van der Waals surface area (Å²) >= 11 is 0. The monoisotopic (exact) mass is 205 g/mol. The van der Waals surface area contributed by atoms with Gasteiger partial charge in [-0.25, -0.2) is 8.42 Å². The number of hydrogen-bond acceptors (Lipinski definition) is 3. The second-order valence-corrected chi connectivity index (χ2v) is 6.92. The minimum atomic E-state index is -2.86. The minimum Gasteiger partial charge on any atom is -0.328 e. The molecule has 0 aromatic rings. The molecule has 0 spiro atoms. The van der Waals surface area contributed by atoms with Gasteiger partial charge in [-0.15, -0.1) is 0 Å². The topological polar surface area (TPSA) is 60.2 Å². The standard InChI is InChI=1S/C9H19NO2S/c1-7(2)13(11,12)6-8-3-4-9(10)5-8/h7-9H,3-6,10H2,1-2H3/t8-,9+/m1/s1. The molecule has 0 amide bonds. The molecule has 1 aliphatic carbocycles. The van der Waals surface area contributed by atoms with Crippen LogP contribution in [0.4, 0.5) is 0 Å². The lowest BCUT2D eigenvalue weighted by Gasteiger charge is -2.12. The molecule has 1 aliphatic rings. The molecule has 0 bridgehead atoms. The van der Waals surface area contributed by atoms with E-state index >= 15 is 0 Å². The molecule has 13 heavy (non-hydrogen) atoms. The van der Waals surface area contributed by atoms with Crippen molar-refractivity contribution in [2.24, 2.45) is 11.7 Å². The van der Waals surface area contributed by atoms with Crippen molar-refractivity contribution < 1.29 is 8.42 Å². The fourth-order valence-electron chi connectivity index (χ4n) is 1.79. The molecule has 2 N–H and O–H groups in total. The molecule has 1 saturated carbocycles. The molecule has 78 valence electrons. The lowest BCUT2D eigenvalue weighted by Crippen LogP contribution is -2.23. The summed E-state index contributed by atoms with van der Waals surface area (Å²) in [5, 5.41) is -0.246. The van der Waals surface area contributed by atoms with Crippen molar-refractivity contribution in [3.8, 4) is 0 Å². The van der Waals surface area contributed by atoms with Crippen LogP contribution in [-0.4, -0.2) is 25.5 Å². The summed E-state index contributed by atoms with van der Waals surface area (Å²) in [5.74, 6) is 0.639. The zero-order chi connectivity index (χ0) is 10.1. The van der Waals surface area contributed by atoms with Gasteiger partial charge in [0.25, 0.3) is 0 Å². The highest BCUT2D eigenvalue weighted by Crippen LogP contribution is 2.26. The molecule has 0 aromatic heterocycles. The van der Waals surface area contributed by atoms with Gasteiger partial charge >= 0.3 is 0 Å². The van der Waals surface area contributed by atoms with Gasteiger partial charge in [0.1, 0.15) is 0 Å². The summed E-state index contributed by atoms with van der Waals surface area (Å²) in [6, 6.07) is 0.229. The van der Waals surface area contributed by atoms with Crippen molar-refractivity contribution in [1.82, 2.24) is 0 Å². The fourth-order valence-corrected chi connectivity index (χ4v) is 3.13. The normalized spacial score (nSPS) is 29.8. The van der Waals surface area contributed by atoms with Gasteiger partial charge in [-0.3, -0.25) is 0 Å². The third-order valence-corrected chi connectivity index (χ3v) is 5.14. The Kier molecular flexibility index (Phi) is 3.35. The van der Waals surface area contributed by atoms with Gasteiger partial charge in [0.2, 0.25) is 0 Å². The zero-order valence-electron chi connectivity index (χ0n) is 8.36. The predicted molar refractivity (Wildman–Crippen MR) is 54.2 cm³/mol. The molecule has 3 nitrogen and oxygen atoms in total. The maximum Gasteiger partial charge on any atom is 0.152 e. The summed E-state index contributed by atoms with van der Waals surface area (Å²) in [6.45, 7) is 3.48. The van der Waals surface area contributed by atoms with Crippen LogP contribution >= 0.6 is 0 Å². The van der Waals surface area contributed by atoms with E-state index in [0.29, 0.717) is 11.7 Å². The molecule has 0 aliphatic heterocycles. The smallest absolute Gasteiger partial charge is 0.152 e. The molecule has 0 unspecified atom stereocenters. The van der Waals surface area contributed by atoms with Crippen molar-refractivity contribution in [3.63, 3.8) is 0 Å². The average Bonchev–Trinajstić information content (AvgIpc) is 2.34. The Morgan fingerprint density at radius 1 is 1.38 bits per heavy atom. The van der Waals surface area contributed by atoms with E-state index < -0.39 is 9.84 Å². The van der Waals surface area contributed by atoms with Crippen LogP contribution in [0.5, 0.6) is 0 Å². The van der Waals surface area contributed by atoms with E-state index in [1.165, 1.54) is 0 Å². The average molecular weight is 205 g/mol. The van der Waals surface area contributed by atoms with Crippen molar-refractivity contribution in [2.75, 3.05) is 5.75 Å². The third kappa shape index (κ3) is 2.95. The van der Waals surface area contributed by atoms with Crippen molar-refractivity contribution in [2.45, 2.75) is 44.4 Å². The van der Waals surface area contributed by atoms with Gasteiger partial charge in [-0.2, -0.15) is 0 Å². The van der Waals surface area contributed by atoms with Crippen molar-refractivity contribution >= 4 is 9.84 Å². The summed E-state index contributed by atoms with van der Waals surface area (Å²) < 4.78 is 23.1. The van der Waals surface area contributed by atoms with E-state index in [4.69, 9.17) is 5.73 Å². The lowest BCUT2D eigenvalue weighted by atomic mass is 10.1. The number of hydrogen-bond donors (Lipinski definition) is 1. The van der Waals surface area contributed by atoms with Crippen molar-refractivity contribution in [3.05, 3.63) is 0 Å². The Hall–Kier alpha value is -0.0900. The molecular formula is C9H19NO2S. The van der Waals surface area contributed by atoms with Crippen LogP contribution in [0, 0.1) is 5.92 Å². The quantitative estimate of drug-likeness (QED) is 0.746. The van der Waals surface area contributed by atoms with Crippen LogP contribution in [0.25, 0.3) is 0 Å². The van der Waals surface area contributed by atoms with Gasteiger partial charge in [0.15, 0.2) is 9.84 Å². The van der Waals surface area contributed by atoms with Gasteiger partial charge in [-0.05, 0) is 39.0 Å². The zero-order valence-corrected chi connectivity index (χ0v) is 9.18. The maximum absolute atomic E-state index is 11.6. The van der Waals surface area contributed by atoms with E-state index in [9.17, 15) is 8.42 Å². The molecule has 0 aromatic carbocycles. The van der Waals surface area contributed by atoms with E-state index in [-0.39, 0.29) is 11.3 Å². The second-order valence-electron chi connectivity index (χ2n) is 4.32. The van der Waals surface area contributed by atoms with Crippen LogP contribution < -0.4 is 5.73 Å². The highest BCUT2D eigenvalue weighted by atomic mass is 32.2. The Labute approximate surface area is 80.6 Å². The number of nitrogens with two attached hydrogens (primary N) is 1. The van der Waals surface area contributed by atoms with E-state index in [2.05, 4.69) is 0 Å². The van der Waals surface area contributed by atoms with Crippen LogP contribution in [0.1, 0.15) is 33.1 Å². The third-order valence-electron chi connectivity index (χ3n) is 2.77. The first kappa shape index (κ1) is 11.0. The largest absolute Gasteiger partial charge is 0.328 e. The lowest BCUT2D eigenvalue weighted by molar-refractivity contribution is 0.547.